The van der Waals surface area contributed by atoms with Crippen LogP contribution in [0.4, 0.5) is 0 Å². The highest BCUT2D eigenvalue weighted by Crippen LogP contribution is 2.28. The molecule has 0 bridgehead atoms. The van der Waals surface area contributed by atoms with Crippen LogP contribution in [0.2, 0.25) is 0 Å². The third kappa shape index (κ3) is 15.0. The Morgan fingerprint density at radius 3 is 2.08 bits per heavy atom. The SMILES string of the molecule is COc1ccc(C[C@H](NC(=O)C(N)C(C)C)c2nc(C(=O)N[C@@H](CC3CCCCC3)C(=O)N[C@@H](CCCN=C(N)N)C(=O)N[C@@H](Cc3ccccc3)C(N)=O)cs2)cc1. The van der Waals surface area contributed by atoms with Crippen LogP contribution < -0.4 is 48.9 Å². The summed E-state index contributed by atoms with van der Waals surface area (Å²) in [6.45, 7) is 3.92. The predicted octanol–water partition coefficient (Wildman–Crippen LogP) is 2.36. The Bertz CT molecular complexity index is 1860. The summed E-state index contributed by atoms with van der Waals surface area (Å²) in [5.74, 6) is -2.20. The average molecular weight is 833 g/mol. The van der Waals surface area contributed by atoms with E-state index >= 15 is 0 Å². The number of ether oxygens (including phenoxy) is 1. The fraction of sp³-hybridized carbons (Fsp3) is 0.500. The van der Waals surface area contributed by atoms with E-state index in [0.29, 0.717) is 30.0 Å². The van der Waals surface area contributed by atoms with Gasteiger partial charge in [-0.1, -0.05) is 88.4 Å². The molecule has 320 valence electrons. The fourth-order valence-electron chi connectivity index (χ4n) is 6.93. The van der Waals surface area contributed by atoms with E-state index in [-0.39, 0.29) is 48.8 Å². The van der Waals surface area contributed by atoms with Gasteiger partial charge in [0.15, 0.2) is 5.96 Å². The number of rotatable bonds is 22. The Morgan fingerprint density at radius 2 is 1.46 bits per heavy atom. The van der Waals surface area contributed by atoms with Crippen LogP contribution in [-0.4, -0.2) is 78.3 Å². The molecular weight excluding hydrogens is 773 g/mol. The maximum Gasteiger partial charge on any atom is 0.271 e. The zero-order chi connectivity index (χ0) is 42.9. The maximum absolute atomic E-state index is 14.2. The average Bonchev–Trinajstić information content (AvgIpc) is 3.72. The molecule has 3 aromatic rings. The second kappa shape index (κ2) is 23.1. The molecule has 1 saturated carbocycles. The summed E-state index contributed by atoms with van der Waals surface area (Å²) < 4.78 is 5.29. The predicted molar refractivity (Wildman–Crippen MR) is 228 cm³/mol. The summed E-state index contributed by atoms with van der Waals surface area (Å²) in [7, 11) is 1.58. The Morgan fingerprint density at radius 1 is 0.814 bits per heavy atom. The number of benzene rings is 2. The number of amides is 5. The molecule has 1 aliphatic rings. The molecule has 0 radical (unpaired) electrons. The number of hydrogen-bond acceptors (Lipinski definition) is 10. The number of hydrogen-bond donors (Lipinski definition) is 8. The van der Waals surface area contributed by atoms with Gasteiger partial charge in [-0.05, 0) is 60.8 Å². The smallest absolute Gasteiger partial charge is 0.271 e. The Balaban J connectivity index is 1.56. The highest BCUT2D eigenvalue weighted by molar-refractivity contribution is 7.09. The van der Waals surface area contributed by atoms with Crippen molar-refractivity contribution in [2.45, 2.75) is 108 Å². The van der Waals surface area contributed by atoms with E-state index in [1.165, 1.54) is 11.3 Å². The summed E-state index contributed by atoms with van der Waals surface area (Å²) in [6.07, 6.45) is 6.24. The van der Waals surface area contributed by atoms with Crippen LogP contribution in [0.5, 0.6) is 5.75 Å². The van der Waals surface area contributed by atoms with Crippen molar-refractivity contribution < 1.29 is 28.7 Å². The van der Waals surface area contributed by atoms with Gasteiger partial charge in [0.1, 0.15) is 34.6 Å². The standard InChI is InChI=1S/C42H60N10O6S/c1-25(2)35(43)40(57)51-33(23-28-16-18-29(58-3)19-17-28)41-52-34(24-59-41)39(56)50-32(22-27-13-8-5-9-14-27)38(55)48-30(15-10-20-47-42(45)46)37(54)49-31(36(44)53)21-26-11-6-4-7-12-26/h4,6-7,11-12,16-19,24-25,27,30-33,35H,5,8-10,13-15,20-23,43H2,1-3H3,(H2,44,53)(H,48,55)(H,49,54)(H,50,56)(H,51,57)(H4,45,46,47)/t30-,31-,32-,33-,35?/m0/s1. The molecule has 2 aromatic carbocycles. The molecule has 16 nitrogen and oxygen atoms in total. The van der Waals surface area contributed by atoms with E-state index in [0.717, 1.165) is 43.2 Å². The summed E-state index contributed by atoms with van der Waals surface area (Å²) in [4.78, 5) is 76.2. The van der Waals surface area contributed by atoms with Crippen LogP contribution in [-0.2, 0) is 32.0 Å². The largest absolute Gasteiger partial charge is 0.497 e. The second-order valence-corrected chi connectivity index (χ2v) is 16.3. The number of aliphatic imine (C=N–C) groups is 1. The highest BCUT2D eigenvalue weighted by Gasteiger charge is 2.32. The molecule has 1 aliphatic carbocycles. The van der Waals surface area contributed by atoms with Gasteiger partial charge in [0, 0.05) is 18.3 Å². The topological polar surface area (TPSA) is 272 Å². The Hall–Kier alpha value is -5.55. The minimum atomic E-state index is -1.11. The molecule has 0 saturated heterocycles. The Kier molecular flexibility index (Phi) is 18.1. The van der Waals surface area contributed by atoms with Crippen LogP contribution >= 0.6 is 11.3 Å². The molecule has 1 unspecified atom stereocenters. The van der Waals surface area contributed by atoms with Crippen LogP contribution in [0.1, 0.15) is 97.9 Å². The van der Waals surface area contributed by atoms with Crippen molar-refractivity contribution in [3.63, 3.8) is 0 Å². The molecule has 4 rings (SSSR count). The molecule has 1 fully saturated rings. The number of nitrogens with zero attached hydrogens (tertiary/aromatic N) is 2. The van der Waals surface area contributed by atoms with Gasteiger partial charge in [-0.25, -0.2) is 4.98 Å². The van der Waals surface area contributed by atoms with E-state index < -0.39 is 53.8 Å². The number of methoxy groups -OCH3 is 1. The van der Waals surface area contributed by atoms with Crippen molar-refractivity contribution in [3.05, 3.63) is 81.8 Å². The van der Waals surface area contributed by atoms with E-state index in [1.54, 1.807) is 12.5 Å². The van der Waals surface area contributed by atoms with Gasteiger partial charge in [0.25, 0.3) is 5.91 Å². The normalized spacial score (nSPS) is 15.5. The number of guanidine groups is 1. The van der Waals surface area contributed by atoms with Crippen molar-refractivity contribution in [2.24, 2.45) is 39.8 Å². The summed E-state index contributed by atoms with van der Waals surface area (Å²) in [5.41, 5.74) is 24.7. The van der Waals surface area contributed by atoms with Crippen LogP contribution in [0.3, 0.4) is 0 Å². The molecule has 1 heterocycles. The van der Waals surface area contributed by atoms with Crippen molar-refractivity contribution in [3.8, 4) is 5.75 Å². The maximum atomic E-state index is 14.2. The van der Waals surface area contributed by atoms with Crippen molar-refractivity contribution >= 4 is 46.8 Å². The number of primary amides is 1. The van der Waals surface area contributed by atoms with E-state index in [2.05, 4.69) is 31.2 Å². The van der Waals surface area contributed by atoms with Gasteiger partial charge < -0.3 is 48.9 Å². The minimum absolute atomic E-state index is 0.0744. The van der Waals surface area contributed by atoms with Gasteiger partial charge in [0.05, 0.1) is 19.2 Å². The third-order valence-electron chi connectivity index (χ3n) is 10.4. The van der Waals surface area contributed by atoms with Crippen molar-refractivity contribution in [1.29, 1.82) is 0 Å². The monoisotopic (exact) mass is 832 g/mol. The van der Waals surface area contributed by atoms with Gasteiger partial charge in [0.2, 0.25) is 23.6 Å². The lowest BCUT2D eigenvalue weighted by Crippen LogP contribution is -2.57. The Labute approximate surface area is 350 Å². The van der Waals surface area contributed by atoms with Crippen LogP contribution in [0, 0.1) is 11.8 Å². The summed E-state index contributed by atoms with van der Waals surface area (Å²) in [6, 6.07) is 12.0. The zero-order valence-corrected chi connectivity index (χ0v) is 35.0. The lowest BCUT2D eigenvalue weighted by Gasteiger charge is -2.28. The van der Waals surface area contributed by atoms with Gasteiger partial charge in [-0.15, -0.1) is 11.3 Å². The zero-order valence-electron chi connectivity index (χ0n) is 34.2. The lowest BCUT2D eigenvalue weighted by atomic mass is 9.84. The molecular formula is C42H60N10O6S. The van der Waals surface area contributed by atoms with Gasteiger partial charge >= 0.3 is 0 Å². The third-order valence-corrected chi connectivity index (χ3v) is 11.4. The minimum Gasteiger partial charge on any atom is -0.497 e. The first kappa shape index (κ1) is 46.1. The molecule has 17 heteroatoms. The highest BCUT2D eigenvalue weighted by atomic mass is 32.1. The van der Waals surface area contributed by atoms with E-state index in [4.69, 9.17) is 27.7 Å². The van der Waals surface area contributed by atoms with Crippen LogP contribution in [0.25, 0.3) is 0 Å². The molecule has 12 N–H and O–H groups in total. The first-order chi connectivity index (χ1) is 28.2. The lowest BCUT2D eigenvalue weighted by molar-refractivity contribution is -0.132. The second-order valence-electron chi connectivity index (χ2n) is 15.4. The number of aromatic nitrogens is 1. The number of nitrogens with two attached hydrogens (primary N) is 4. The van der Waals surface area contributed by atoms with Crippen LogP contribution in [0.15, 0.2) is 65.0 Å². The molecule has 1 aromatic heterocycles. The molecule has 59 heavy (non-hydrogen) atoms. The number of carbonyl (C=O) groups excluding carboxylic acids is 5. The van der Waals surface area contributed by atoms with E-state index in [9.17, 15) is 24.0 Å². The molecule has 0 spiro atoms. The van der Waals surface area contributed by atoms with Crippen molar-refractivity contribution in [2.75, 3.05) is 13.7 Å². The summed E-state index contributed by atoms with van der Waals surface area (Å²) in [5, 5.41) is 13.6. The number of nitrogens with one attached hydrogen (secondary N) is 4. The first-order valence-corrected chi connectivity index (χ1v) is 21.1. The number of thiazole rings is 1. The first-order valence-electron chi connectivity index (χ1n) is 20.2. The number of carbonyl (C=O) groups is 5. The van der Waals surface area contributed by atoms with Gasteiger partial charge in [-0.3, -0.25) is 29.0 Å². The van der Waals surface area contributed by atoms with E-state index in [1.807, 2.05) is 68.4 Å². The van der Waals surface area contributed by atoms with Gasteiger partial charge in [-0.2, -0.15) is 0 Å². The summed E-state index contributed by atoms with van der Waals surface area (Å²) >= 11 is 1.21. The quantitative estimate of drug-likeness (QED) is 0.0416. The molecule has 5 atom stereocenters. The molecule has 0 aliphatic heterocycles. The molecule has 5 amide bonds. The van der Waals surface area contributed by atoms with Crippen molar-refractivity contribution in [1.82, 2.24) is 26.3 Å². The fourth-order valence-corrected chi connectivity index (χ4v) is 7.78.